The van der Waals surface area contributed by atoms with Gasteiger partial charge in [-0.2, -0.15) is 0 Å². The molecule has 0 heterocycles. The number of rotatable bonds is 4. The number of esters is 1. The molecule has 0 aliphatic heterocycles. The third kappa shape index (κ3) is 3.49. The van der Waals surface area contributed by atoms with Crippen molar-refractivity contribution in [2.75, 3.05) is 7.11 Å². The zero-order chi connectivity index (χ0) is 13.0. The van der Waals surface area contributed by atoms with Gasteiger partial charge in [0.05, 0.1) is 19.6 Å². The molecule has 1 N–H and O–H groups in total. The van der Waals surface area contributed by atoms with E-state index in [4.69, 9.17) is 0 Å². The summed E-state index contributed by atoms with van der Waals surface area (Å²) in [5, 5.41) is 9.82. The maximum Gasteiger partial charge on any atom is 0.305 e. The molecule has 0 bridgehead atoms. The molecule has 0 saturated carbocycles. The number of aliphatic hydroxyl groups excluding tert-OH is 1. The van der Waals surface area contributed by atoms with Crippen LogP contribution in [0, 0.1) is 17.6 Å². The van der Waals surface area contributed by atoms with E-state index in [0.29, 0.717) is 0 Å². The van der Waals surface area contributed by atoms with Crippen molar-refractivity contribution in [3.05, 3.63) is 35.4 Å². The van der Waals surface area contributed by atoms with Gasteiger partial charge in [0, 0.05) is 5.56 Å². The van der Waals surface area contributed by atoms with E-state index in [1.807, 2.05) is 0 Å². The zero-order valence-corrected chi connectivity index (χ0v) is 9.61. The third-order valence-electron chi connectivity index (χ3n) is 2.53. The number of hydrogen-bond donors (Lipinski definition) is 1. The molecule has 0 amide bonds. The van der Waals surface area contributed by atoms with Gasteiger partial charge in [0.2, 0.25) is 0 Å². The summed E-state index contributed by atoms with van der Waals surface area (Å²) in [4.78, 5) is 11.0. The molecule has 5 heteroatoms. The van der Waals surface area contributed by atoms with E-state index < -0.39 is 29.6 Å². The smallest absolute Gasteiger partial charge is 0.305 e. The monoisotopic (exact) mass is 244 g/mol. The van der Waals surface area contributed by atoms with Crippen LogP contribution in [0.5, 0.6) is 0 Å². The summed E-state index contributed by atoms with van der Waals surface area (Å²) in [6.45, 7) is 1.56. The van der Waals surface area contributed by atoms with E-state index in [1.54, 1.807) is 6.92 Å². The van der Waals surface area contributed by atoms with Crippen molar-refractivity contribution in [1.82, 2.24) is 0 Å². The Morgan fingerprint density at radius 1 is 1.47 bits per heavy atom. The topological polar surface area (TPSA) is 46.5 Å². The Kier molecular flexibility index (Phi) is 4.57. The van der Waals surface area contributed by atoms with Gasteiger partial charge in [-0.25, -0.2) is 8.78 Å². The highest BCUT2D eigenvalue weighted by molar-refractivity contribution is 5.69. The lowest BCUT2D eigenvalue weighted by molar-refractivity contribution is -0.142. The van der Waals surface area contributed by atoms with Crippen LogP contribution in [0.2, 0.25) is 0 Å². The first-order chi connectivity index (χ1) is 7.95. The van der Waals surface area contributed by atoms with E-state index in [2.05, 4.69) is 4.74 Å². The lowest BCUT2D eigenvalue weighted by Crippen LogP contribution is -2.16. The van der Waals surface area contributed by atoms with Crippen LogP contribution in [0.1, 0.15) is 25.0 Å². The van der Waals surface area contributed by atoms with Crippen LogP contribution in [0.25, 0.3) is 0 Å². The van der Waals surface area contributed by atoms with Gasteiger partial charge in [-0.3, -0.25) is 4.79 Å². The lowest BCUT2D eigenvalue weighted by Gasteiger charge is -2.18. The highest BCUT2D eigenvalue weighted by Crippen LogP contribution is 2.27. The second-order valence-corrected chi connectivity index (χ2v) is 3.87. The first-order valence-electron chi connectivity index (χ1n) is 5.15. The first-order valence-corrected chi connectivity index (χ1v) is 5.15. The molecule has 94 valence electrons. The van der Waals surface area contributed by atoms with Gasteiger partial charge in [0.1, 0.15) is 11.6 Å². The second-order valence-electron chi connectivity index (χ2n) is 3.87. The largest absolute Gasteiger partial charge is 0.469 e. The number of hydrogen-bond acceptors (Lipinski definition) is 3. The minimum Gasteiger partial charge on any atom is -0.469 e. The first kappa shape index (κ1) is 13.6. The van der Waals surface area contributed by atoms with E-state index in [0.717, 1.165) is 18.2 Å². The molecule has 0 saturated heterocycles. The Balaban J connectivity index is 2.84. The summed E-state index contributed by atoms with van der Waals surface area (Å²) in [6, 6.07) is 2.84. The molecule has 0 aliphatic carbocycles. The third-order valence-corrected chi connectivity index (χ3v) is 2.53. The molecule has 0 radical (unpaired) electrons. The molecule has 3 nitrogen and oxygen atoms in total. The molecule has 1 aromatic rings. The highest BCUT2D eigenvalue weighted by atomic mass is 19.1. The molecular weight excluding hydrogens is 230 g/mol. The molecular formula is C12H14F2O3. The van der Waals surface area contributed by atoms with E-state index >= 15 is 0 Å². The average molecular weight is 244 g/mol. The van der Waals surface area contributed by atoms with Gasteiger partial charge >= 0.3 is 5.97 Å². The summed E-state index contributed by atoms with van der Waals surface area (Å²) in [6.07, 6.45) is -1.31. The molecule has 0 aliphatic rings. The zero-order valence-electron chi connectivity index (χ0n) is 9.61. The van der Waals surface area contributed by atoms with Crippen molar-refractivity contribution >= 4 is 5.97 Å². The van der Waals surface area contributed by atoms with Crippen molar-refractivity contribution in [3.63, 3.8) is 0 Å². The van der Waals surface area contributed by atoms with E-state index in [1.165, 1.54) is 7.11 Å². The van der Waals surface area contributed by atoms with Gasteiger partial charge in [-0.05, 0) is 24.1 Å². The number of methoxy groups -OCH3 is 1. The fourth-order valence-corrected chi connectivity index (χ4v) is 1.51. The number of aliphatic hydroxyl groups is 1. The number of halogens is 2. The molecule has 0 aromatic heterocycles. The van der Waals surface area contributed by atoms with Crippen LogP contribution in [-0.2, 0) is 9.53 Å². The average Bonchev–Trinajstić information content (AvgIpc) is 2.31. The van der Waals surface area contributed by atoms with Crippen LogP contribution in [0.15, 0.2) is 18.2 Å². The van der Waals surface area contributed by atoms with E-state index in [-0.39, 0.29) is 12.0 Å². The van der Waals surface area contributed by atoms with Crippen LogP contribution in [0.4, 0.5) is 8.78 Å². The fraction of sp³-hybridized carbons (Fsp3) is 0.417. The van der Waals surface area contributed by atoms with Gasteiger partial charge in [0.15, 0.2) is 0 Å². The number of benzene rings is 1. The van der Waals surface area contributed by atoms with Crippen molar-refractivity contribution in [2.45, 2.75) is 19.4 Å². The molecule has 0 spiro atoms. The van der Waals surface area contributed by atoms with Gasteiger partial charge in [0.25, 0.3) is 0 Å². The maximum atomic E-state index is 13.4. The maximum absolute atomic E-state index is 13.4. The van der Waals surface area contributed by atoms with Gasteiger partial charge < -0.3 is 9.84 Å². The van der Waals surface area contributed by atoms with Crippen LogP contribution in [0.3, 0.4) is 0 Å². The molecule has 17 heavy (non-hydrogen) atoms. The van der Waals surface area contributed by atoms with Gasteiger partial charge in [-0.1, -0.05) is 6.92 Å². The Labute approximate surface area is 98.0 Å². The normalized spacial score (nSPS) is 14.2. The molecule has 0 fully saturated rings. The SMILES string of the molecule is COC(=O)CC(C)C(O)c1cc(F)ccc1F. The Hall–Kier alpha value is -1.49. The molecule has 2 unspecified atom stereocenters. The highest BCUT2D eigenvalue weighted by Gasteiger charge is 2.22. The predicted molar refractivity (Wildman–Crippen MR) is 57.1 cm³/mol. The lowest BCUT2D eigenvalue weighted by atomic mass is 9.94. The predicted octanol–water partition coefficient (Wildman–Crippen LogP) is 2.20. The summed E-state index contributed by atoms with van der Waals surface area (Å²) in [5.41, 5.74) is -0.151. The minimum atomic E-state index is -1.25. The number of ether oxygens (including phenoxy) is 1. The van der Waals surface area contributed by atoms with Crippen LogP contribution in [-0.4, -0.2) is 18.2 Å². The Bertz CT molecular complexity index is 407. The molecule has 1 rings (SSSR count). The number of carbonyl (C=O) groups excluding carboxylic acids is 1. The molecule has 2 atom stereocenters. The summed E-state index contributed by atoms with van der Waals surface area (Å²) in [7, 11) is 1.23. The van der Waals surface area contributed by atoms with Crippen molar-refractivity contribution in [2.24, 2.45) is 5.92 Å². The van der Waals surface area contributed by atoms with E-state index in [9.17, 15) is 18.7 Å². The summed E-state index contributed by atoms with van der Waals surface area (Å²) >= 11 is 0. The standard InChI is InChI=1S/C12H14F2O3/c1-7(5-11(15)17-2)12(16)9-6-8(13)3-4-10(9)14/h3-4,6-7,12,16H,5H2,1-2H3. The fourth-order valence-electron chi connectivity index (χ4n) is 1.51. The quantitative estimate of drug-likeness (QED) is 0.826. The Morgan fingerprint density at radius 3 is 2.71 bits per heavy atom. The van der Waals surface area contributed by atoms with Crippen molar-refractivity contribution < 1.29 is 23.4 Å². The van der Waals surface area contributed by atoms with Gasteiger partial charge in [-0.15, -0.1) is 0 Å². The number of carbonyl (C=O) groups is 1. The van der Waals surface area contributed by atoms with Crippen molar-refractivity contribution in [3.8, 4) is 0 Å². The summed E-state index contributed by atoms with van der Waals surface area (Å²) < 4.78 is 30.7. The second kappa shape index (κ2) is 5.72. The van der Waals surface area contributed by atoms with Crippen LogP contribution < -0.4 is 0 Å². The summed E-state index contributed by atoms with van der Waals surface area (Å²) in [5.74, 6) is -2.39. The Morgan fingerprint density at radius 2 is 2.12 bits per heavy atom. The van der Waals surface area contributed by atoms with Crippen molar-refractivity contribution in [1.29, 1.82) is 0 Å². The molecule has 1 aromatic carbocycles. The minimum absolute atomic E-state index is 0.0619. The van der Waals surface area contributed by atoms with Crippen LogP contribution >= 0.6 is 0 Å².